The summed E-state index contributed by atoms with van der Waals surface area (Å²) in [6.07, 6.45) is -0.896. The van der Waals surface area contributed by atoms with Crippen LogP contribution in [0, 0.1) is 6.92 Å². The number of benzene rings is 3. The average Bonchev–Trinajstić information content (AvgIpc) is 2.70. The second-order valence-corrected chi connectivity index (χ2v) is 6.35. The first-order chi connectivity index (χ1) is 13.0. The van der Waals surface area contributed by atoms with Gasteiger partial charge >= 0.3 is 5.97 Å². The molecule has 0 aliphatic rings. The zero-order chi connectivity index (χ0) is 19.2. The zero-order valence-corrected chi connectivity index (χ0v) is 15.3. The Balaban J connectivity index is 1.60. The summed E-state index contributed by atoms with van der Waals surface area (Å²) in [4.78, 5) is 24.5. The molecule has 3 rings (SSSR count). The number of esters is 1. The topological polar surface area (TPSA) is 55.4 Å². The highest BCUT2D eigenvalue weighted by molar-refractivity contribution is 5.97. The van der Waals surface area contributed by atoms with Gasteiger partial charge in [0.1, 0.15) is 0 Å². The van der Waals surface area contributed by atoms with Crippen LogP contribution < -0.4 is 5.32 Å². The van der Waals surface area contributed by atoms with E-state index < -0.39 is 12.1 Å². The lowest BCUT2D eigenvalue weighted by atomic mass is 10.0. The fraction of sp³-hybridized carbons (Fsp3) is 0.130. The highest BCUT2D eigenvalue weighted by atomic mass is 16.5. The van der Waals surface area contributed by atoms with E-state index in [1.165, 1.54) is 0 Å². The standard InChI is InChI=1S/C23H21NO3/c1-16-8-14-21(15-9-16)24-22(25)17(2)27-23(26)20-12-10-19(11-13-20)18-6-4-3-5-7-18/h3-15,17H,1-2H3,(H,24,25). The summed E-state index contributed by atoms with van der Waals surface area (Å²) >= 11 is 0. The SMILES string of the molecule is Cc1ccc(NC(=O)C(C)OC(=O)c2ccc(-c3ccccc3)cc2)cc1. The molecule has 0 aromatic heterocycles. The molecule has 0 radical (unpaired) electrons. The molecule has 0 heterocycles. The van der Waals surface area contributed by atoms with Gasteiger partial charge in [-0.2, -0.15) is 0 Å². The van der Waals surface area contributed by atoms with Crippen molar-refractivity contribution in [3.8, 4) is 11.1 Å². The number of nitrogens with one attached hydrogen (secondary N) is 1. The van der Waals surface area contributed by atoms with Crippen molar-refractivity contribution in [2.75, 3.05) is 5.32 Å². The lowest BCUT2D eigenvalue weighted by molar-refractivity contribution is -0.123. The van der Waals surface area contributed by atoms with Crippen LogP contribution in [0.25, 0.3) is 11.1 Å². The van der Waals surface area contributed by atoms with Crippen LogP contribution in [-0.2, 0) is 9.53 Å². The van der Waals surface area contributed by atoms with E-state index in [2.05, 4.69) is 5.32 Å². The first-order valence-electron chi connectivity index (χ1n) is 8.77. The molecule has 1 N–H and O–H groups in total. The molecule has 27 heavy (non-hydrogen) atoms. The summed E-state index contributed by atoms with van der Waals surface area (Å²) in [5.41, 5.74) is 4.26. The molecule has 1 atom stereocenters. The number of carbonyl (C=O) groups is 2. The zero-order valence-electron chi connectivity index (χ0n) is 15.3. The van der Waals surface area contributed by atoms with Crippen LogP contribution in [0.2, 0.25) is 0 Å². The molecule has 3 aromatic carbocycles. The van der Waals surface area contributed by atoms with Crippen LogP contribution in [-0.4, -0.2) is 18.0 Å². The molecule has 0 saturated carbocycles. The minimum absolute atomic E-state index is 0.367. The molecular weight excluding hydrogens is 338 g/mol. The van der Waals surface area contributed by atoms with Crippen molar-refractivity contribution in [3.63, 3.8) is 0 Å². The average molecular weight is 359 g/mol. The number of amides is 1. The second kappa shape index (κ2) is 8.32. The first-order valence-corrected chi connectivity index (χ1v) is 8.77. The van der Waals surface area contributed by atoms with E-state index in [-0.39, 0.29) is 5.91 Å². The summed E-state index contributed by atoms with van der Waals surface area (Å²) in [7, 11) is 0. The molecular formula is C23H21NO3. The van der Waals surface area contributed by atoms with E-state index in [1.54, 1.807) is 19.1 Å². The first kappa shape index (κ1) is 18.4. The number of anilines is 1. The third-order valence-corrected chi connectivity index (χ3v) is 4.20. The number of ether oxygens (including phenoxy) is 1. The fourth-order valence-electron chi connectivity index (χ4n) is 2.59. The van der Waals surface area contributed by atoms with Crippen molar-refractivity contribution in [1.29, 1.82) is 0 Å². The third-order valence-electron chi connectivity index (χ3n) is 4.20. The lowest BCUT2D eigenvalue weighted by Crippen LogP contribution is -2.30. The van der Waals surface area contributed by atoms with E-state index >= 15 is 0 Å². The Bertz CT molecular complexity index is 916. The predicted octanol–water partition coefficient (Wildman–Crippen LogP) is 4.85. The maximum atomic E-state index is 12.3. The van der Waals surface area contributed by atoms with Crippen LogP contribution in [0.4, 0.5) is 5.69 Å². The van der Waals surface area contributed by atoms with Gasteiger partial charge in [0.15, 0.2) is 6.10 Å². The van der Waals surface area contributed by atoms with Gasteiger partial charge in [0.25, 0.3) is 5.91 Å². The maximum Gasteiger partial charge on any atom is 0.338 e. The van der Waals surface area contributed by atoms with Gasteiger partial charge in [-0.25, -0.2) is 4.79 Å². The Morgan fingerprint density at radius 2 is 1.41 bits per heavy atom. The van der Waals surface area contributed by atoms with Gasteiger partial charge in [-0.3, -0.25) is 4.79 Å². The third kappa shape index (κ3) is 4.82. The Morgan fingerprint density at radius 3 is 2.04 bits per heavy atom. The van der Waals surface area contributed by atoms with Crippen molar-refractivity contribution in [3.05, 3.63) is 90.0 Å². The fourth-order valence-corrected chi connectivity index (χ4v) is 2.59. The minimum atomic E-state index is -0.896. The number of rotatable bonds is 5. The summed E-state index contributed by atoms with van der Waals surface area (Å²) in [6.45, 7) is 3.53. The summed E-state index contributed by atoms with van der Waals surface area (Å²) in [5.74, 6) is -0.894. The summed E-state index contributed by atoms with van der Waals surface area (Å²) in [5, 5.41) is 2.74. The Kier molecular flexibility index (Phi) is 5.67. The highest BCUT2D eigenvalue weighted by Gasteiger charge is 2.19. The molecule has 0 fully saturated rings. The van der Waals surface area contributed by atoms with Crippen molar-refractivity contribution < 1.29 is 14.3 Å². The second-order valence-electron chi connectivity index (χ2n) is 6.35. The molecule has 4 heteroatoms. The number of hydrogen-bond donors (Lipinski definition) is 1. The van der Waals surface area contributed by atoms with Crippen LogP contribution in [0.15, 0.2) is 78.9 Å². The van der Waals surface area contributed by atoms with Gasteiger partial charge in [0.05, 0.1) is 5.56 Å². The molecule has 1 unspecified atom stereocenters. The number of carbonyl (C=O) groups excluding carboxylic acids is 2. The van der Waals surface area contributed by atoms with Gasteiger partial charge in [0.2, 0.25) is 0 Å². The maximum absolute atomic E-state index is 12.3. The smallest absolute Gasteiger partial charge is 0.338 e. The highest BCUT2D eigenvalue weighted by Crippen LogP contribution is 2.20. The molecule has 0 aliphatic heterocycles. The van der Waals surface area contributed by atoms with Crippen molar-refractivity contribution in [2.45, 2.75) is 20.0 Å². The number of aryl methyl sites for hydroxylation is 1. The van der Waals surface area contributed by atoms with E-state index in [0.29, 0.717) is 11.3 Å². The van der Waals surface area contributed by atoms with E-state index in [1.807, 2.05) is 73.7 Å². The van der Waals surface area contributed by atoms with Crippen LogP contribution in [0.5, 0.6) is 0 Å². The Hall–Kier alpha value is -3.40. The van der Waals surface area contributed by atoms with E-state index in [9.17, 15) is 9.59 Å². The van der Waals surface area contributed by atoms with Crippen molar-refractivity contribution in [1.82, 2.24) is 0 Å². The minimum Gasteiger partial charge on any atom is -0.449 e. The molecule has 136 valence electrons. The summed E-state index contributed by atoms with van der Waals surface area (Å²) in [6, 6.07) is 24.5. The normalized spacial score (nSPS) is 11.5. The van der Waals surface area contributed by atoms with Crippen LogP contribution >= 0.6 is 0 Å². The van der Waals surface area contributed by atoms with Crippen molar-refractivity contribution in [2.24, 2.45) is 0 Å². The lowest BCUT2D eigenvalue weighted by Gasteiger charge is -2.14. The number of hydrogen-bond acceptors (Lipinski definition) is 3. The molecule has 0 spiro atoms. The van der Waals surface area contributed by atoms with Crippen molar-refractivity contribution >= 4 is 17.6 Å². The quantitative estimate of drug-likeness (QED) is 0.663. The van der Waals surface area contributed by atoms with Gasteiger partial charge in [0, 0.05) is 5.69 Å². The van der Waals surface area contributed by atoms with E-state index in [4.69, 9.17) is 4.74 Å². The van der Waals surface area contributed by atoms with Gasteiger partial charge in [-0.15, -0.1) is 0 Å². The summed E-state index contributed by atoms with van der Waals surface area (Å²) < 4.78 is 5.29. The molecule has 0 aliphatic carbocycles. The van der Waals surface area contributed by atoms with Crippen LogP contribution in [0.3, 0.4) is 0 Å². The predicted molar refractivity (Wildman–Crippen MR) is 107 cm³/mol. The molecule has 1 amide bonds. The Morgan fingerprint density at radius 1 is 0.815 bits per heavy atom. The molecule has 3 aromatic rings. The monoisotopic (exact) mass is 359 g/mol. The van der Waals surface area contributed by atoms with Gasteiger partial charge in [-0.1, -0.05) is 60.2 Å². The molecule has 0 saturated heterocycles. The van der Waals surface area contributed by atoms with Gasteiger partial charge in [-0.05, 0) is 49.2 Å². The van der Waals surface area contributed by atoms with Crippen LogP contribution in [0.1, 0.15) is 22.8 Å². The Labute approximate surface area is 158 Å². The van der Waals surface area contributed by atoms with E-state index in [0.717, 1.165) is 16.7 Å². The molecule has 0 bridgehead atoms. The molecule has 4 nitrogen and oxygen atoms in total. The largest absolute Gasteiger partial charge is 0.449 e. The van der Waals surface area contributed by atoms with Gasteiger partial charge < -0.3 is 10.1 Å².